The quantitative estimate of drug-likeness (QED) is 0.257. The van der Waals surface area contributed by atoms with E-state index in [1.807, 2.05) is 97.9 Å². The number of carbonyl (C=O) groups excluding carboxylic acids is 1. The van der Waals surface area contributed by atoms with Gasteiger partial charge in [-0.1, -0.05) is 97.9 Å². The van der Waals surface area contributed by atoms with Crippen LogP contribution in [0.1, 0.15) is 29.5 Å². The number of ketones is 1. The van der Waals surface area contributed by atoms with Crippen molar-refractivity contribution in [1.82, 2.24) is 0 Å². The fourth-order valence-electron chi connectivity index (χ4n) is 2.82. The van der Waals surface area contributed by atoms with Crippen molar-refractivity contribution in [1.29, 1.82) is 0 Å². The molecule has 0 saturated carbocycles. The minimum atomic E-state index is -0.190. The maximum atomic E-state index is 13.4. The van der Waals surface area contributed by atoms with Gasteiger partial charge in [0.05, 0.1) is 0 Å². The van der Waals surface area contributed by atoms with Crippen LogP contribution in [0.3, 0.4) is 0 Å². The average Bonchev–Trinajstić information content (AvgIpc) is 2.69. The third kappa shape index (κ3) is 4.07. The van der Waals surface area contributed by atoms with Crippen LogP contribution in [0.2, 0.25) is 0 Å². The van der Waals surface area contributed by atoms with E-state index < -0.39 is 0 Å². The third-order valence-corrected chi connectivity index (χ3v) is 5.41. The summed E-state index contributed by atoms with van der Waals surface area (Å²) < 4.78 is 0.984. The molecule has 0 aromatic heterocycles. The second-order valence-electron chi connectivity index (χ2n) is 5.92. The monoisotopic (exact) mass is 438 g/mol. The molecule has 0 aliphatic carbocycles. The van der Waals surface area contributed by atoms with Crippen molar-refractivity contribution in [3.63, 3.8) is 0 Å². The van der Waals surface area contributed by atoms with Gasteiger partial charge in [-0.3, -0.25) is 4.79 Å². The van der Waals surface area contributed by atoms with Crippen molar-refractivity contribution in [3.05, 3.63) is 108 Å². The Labute approximate surface area is 162 Å². The molecule has 0 amide bonds. The number of rotatable bonds is 5. The largest absolute Gasteiger partial charge is 0.293 e. The van der Waals surface area contributed by atoms with Gasteiger partial charge in [-0.05, 0) is 39.3 Å². The standard InChI is InChI=1S/C23H19IO/c1-17(18-11-5-2-6-12-18)23(25)21(19-13-7-3-8-14-19)22(24)20-15-9-4-10-16-20/h2-17H,1H3. The van der Waals surface area contributed by atoms with E-state index in [1.165, 1.54) is 0 Å². The molecule has 1 atom stereocenters. The van der Waals surface area contributed by atoms with Gasteiger partial charge in [0.25, 0.3) is 0 Å². The van der Waals surface area contributed by atoms with Gasteiger partial charge in [-0.2, -0.15) is 0 Å². The van der Waals surface area contributed by atoms with E-state index in [4.69, 9.17) is 0 Å². The molecule has 0 radical (unpaired) electrons. The topological polar surface area (TPSA) is 17.1 Å². The molecular weight excluding hydrogens is 419 g/mol. The Morgan fingerprint density at radius 3 is 1.68 bits per heavy atom. The van der Waals surface area contributed by atoms with Gasteiger partial charge < -0.3 is 0 Å². The Morgan fingerprint density at radius 2 is 1.16 bits per heavy atom. The lowest BCUT2D eigenvalue weighted by Gasteiger charge is -2.16. The van der Waals surface area contributed by atoms with E-state index in [1.54, 1.807) is 0 Å². The normalized spacial score (nSPS) is 13.0. The van der Waals surface area contributed by atoms with E-state index in [-0.39, 0.29) is 11.7 Å². The lowest BCUT2D eigenvalue weighted by Crippen LogP contribution is -2.12. The van der Waals surface area contributed by atoms with Gasteiger partial charge in [0.2, 0.25) is 0 Å². The van der Waals surface area contributed by atoms with Gasteiger partial charge in [0.15, 0.2) is 5.78 Å². The lowest BCUT2D eigenvalue weighted by atomic mass is 9.88. The van der Waals surface area contributed by atoms with Crippen LogP contribution in [0.5, 0.6) is 0 Å². The average molecular weight is 438 g/mol. The van der Waals surface area contributed by atoms with E-state index in [0.29, 0.717) is 0 Å². The number of carbonyl (C=O) groups is 1. The van der Waals surface area contributed by atoms with E-state index in [2.05, 4.69) is 22.6 Å². The molecule has 3 aromatic rings. The molecule has 0 bridgehead atoms. The van der Waals surface area contributed by atoms with Crippen molar-refractivity contribution in [2.24, 2.45) is 0 Å². The molecule has 3 rings (SSSR count). The number of allylic oxidation sites excluding steroid dienone is 1. The zero-order valence-corrected chi connectivity index (χ0v) is 16.2. The lowest BCUT2D eigenvalue weighted by molar-refractivity contribution is -0.114. The summed E-state index contributed by atoms with van der Waals surface area (Å²) in [5.74, 6) is -0.0458. The number of hydrogen-bond acceptors (Lipinski definition) is 1. The molecular formula is C23H19IO. The first kappa shape index (κ1) is 17.6. The van der Waals surface area contributed by atoms with Crippen molar-refractivity contribution in [2.75, 3.05) is 0 Å². The SMILES string of the molecule is CC(C(=O)C(=C(I)c1ccccc1)c1ccccc1)c1ccccc1. The molecule has 0 aliphatic heterocycles. The van der Waals surface area contributed by atoms with Crippen molar-refractivity contribution >= 4 is 37.5 Å². The van der Waals surface area contributed by atoms with Crippen LogP contribution in [0, 0.1) is 0 Å². The number of benzene rings is 3. The molecule has 3 aromatic carbocycles. The van der Waals surface area contributed by atoms with Gasteiger partial charge in [0, 0.05) is 15.1 Å². The second-order valence-corrected chi connectivity index (χ2v) is 7.00. The van der Waals surface area contributed by atoms with Crippen molar-refractivity contribution < 1.29 is 4.79 Å². The molecule has 0 aliphatic rings. The first-order valence-electron chi connectivity index (χ1n) is 8.28. The summed E-state index contributed by atoms with van der Waals surface area (Å²) in [5, 5.41) is 0. The maximum Gasteiger partial charge on any atom is 0.171 e. The van der Waals surface area contributed by atoms with Gasteiger partial charge in [-0.25, -0.2) is 0 Å². The Morgan fingerprint density at radius 1 is 0.720 bits per heavy atom. The molecule has 0 fully saturated rings. The minimum Gasteiger partial charge on any atom is -0.293 e. The van der Waals surface area contributed by atoms with Gasteiger partial charge in [-0.15, -0.1) is 0 Å². The summed E-state index contributed by atoms with van der Waals surface area (Å²) >= 11 is 2.30. The van der Waals surface area contributed by atoms with Gasteiger partial charge >= 0.3 is 0 Å². The van der Waals surface area contributed by atoms with E-state index in [9.17, 15) is 4.79 Å². The molecule has 124 valence electrons. The van der Waals surface area contributed by atoms with E-state index >= 15 is 0 Å². The molecule has 1 nitrogen and oxygen atoms in total. The summed E-state index contributed by atoms with van der Waals surface area (Å²) in [4.78, 5) is 13.4. The van der Waals surface area contributed by atoms with Crippen LogP contribution in [0.15, 0.2) is 91.0 Å². The maximum absolute atomic E-state index is 13.4. The molecule has 2 heteroatoms. The summed E-state index contributed by atoms with van der Waals surface area (Å²) in [6.45, 7) is 1.98. The zero-order chi connectivity index (χ0) is 17.6. The Bertz CT molecular complexity index is 868. The molecule has 0 spiro atoms. The molecule has 0 saturated heterocycles. The highest BCUT2D eigenvalue weighted by Crippen LogP contribution is 2.35. The van der Waals surface area contributed by atoms with E-state index in [0.717, 1.165) is 25.8 Å². The summed E-state index contributed by atoms with van der Waals surface area (Å²) in [5.41, 5.74) is 3.85. The highest BCUT2D eigenvalue weighted by atomic mass is 127. The van der Waals surface area contributed by atoms with Crippen LogP contribution in [0.25, 0.3) is 9.15 Å². The Kier molecular flexibility index (Phi) is 5.82. The molecule has 0 N–H and O–H groups in total. The highest BCUT2D eigenvalue weighted by molar-refractivity contribution is 14.1. The summed E-state index contributed by atoms with van der Waals surface area (Å²) in [6.07, 6.45) is 0. The predicted molar refractivity (Wildman–Crippen MR) is 114 cm³/mol. The molecule has 25 heavy (non-hydrogen) atoms. The molecule has 1 unspecified atom stereocenters. The molecule has 0 heterocycles. The fraction of sp³-hybridized carbons (Fsp3) is 0.0870. The van der Waals surface area contributed by atoms with Crippen LogP contribution in [-0.4, -0.2) is 5.78 Å². The summed E-state index contributed by atoms with van der Waals surface area (Å²) in [6, 6.07) is 30.0. The summed E-state index contributed by atoms with van der Waals surface area (Å²) in [7, 11) is 0. The third-order valence-electron chi connectivity index (χ3n) is 4.25. The second kappa shape index (κ2) is 8.26. The van der Waals surface area contributed by atoms with Crippen LogP contribution in [-0.2, 0) is 4.79 Å². The number of halogens is 1. The van der Waals surface area contributed by atoms with Crippen molar-refractivity contribution in [3.8, 4) is 0 Å². The zero-order valence-electron chi connectivity index (χ0n) is 14.0. The Balaban J connectivity index is 2.11. The van der Waals surface area contributed by atoms with Crippen LogP contribution < -0.4 is 0 Å². The number of Topliss-reactive ketones (excluding diaryl/α,β-unsaturated/α-hetero) is 1. The number of hydrogen-bond donors (Lipinski definition) is 0. The van der Waals surface area contributed by atoms with Crippen molar-refractivity contribution in [2.45, 2.75) is 12.8 Å². The predicted octanol–water partition coefficient (Wildman–Crippen LogP) is 6.36. The highest BCUT2D eigenvalue weighted by Gasteiger charge is 2.23. The Hall–Kier alpha value is -2.20. The van der Waals surface area contributed by atoms with Gasteiger partial charge in [0.1, 0.15) is 0 Å². The first-order valence-corrected chi connectivity index (χ1v) is 9.36. The van der Waals surface area contributed by atoms with Crippen LogP contribution >= 0.6 is 22.6 Å². The fourth-order valence-corrected chi connectivity index (χ4v) is 3.76. The first-order chi connectivity index (χ1) is 12.2. The van der Waals surface area contributed by atoms with Crippen LogP contribution in [0.4, 0.5) is 0 Å². The minimum absolute atomic E-state index is 0.144. The smallest absolute Gasteiger partial charge is 0.171 e.